The molecule has 1 fully saturated rings. The molecule has 1 aliphatic rings. The lowest BCUT2D eigenvalue weighted by atomic mass is 9.78. The highest BCUT2D eigenvalue weighted by Crippen LogP contribution is 2.36. The van der Waals surface area contributed by atoms with Crippen molar-refractivity contribution in [3.63, 3.8) is 0 Å². The van der Waals surface area contributed by atoms with Gasteiger partial charge in [0.05, 0.1) is 5.02 Å². The maximum absolute atomic E-state index is 6.50. The van der Waals surface area contributed by atoms with Crippen molar-refractivity contribution < 1.29 is 4.74 Å². The second kappa shape index (κ2) is 6.94. The molecule has 2 nitrogen and oxygen atoms in total. The summed E-state index contributed by atoms with van der Waals surface area (Å²) in [5, 5.41) is 4.05. The van der Waals surface area contributed by atoms with Gasteiger partial charge in [0.25, 0.3) is 0 Å². The van der Waals surface area contributed by atoms with Crippen molar-refractivity contribution in [2.24, 2.45) is 0 Å². The molecule has 1 aliphatic heterocycles. The van der Waals surface area contributed by atoms with Gasteiger partial charge in [0, 0.05) is 5.41 Å². The van der Waals surface area contributed by atoms with Crippen LogP contribution in [-0.2, 0) is 5.41 Å². The van der Waals surface area contributed by atoms with Crippen molar-refractivity contribution in [2.45, 2.75) is 38.2 Å². The van der Waals surface area contributed by atoms with Gasteiger partial charge in [-0.1, -0.05) is 61.8 Å². The van der Waals surface area contributed by atoms with Gasteiger partial charge in [-0.2, -0.15) is 0 Å². The monoisotopic (exact) mass is 329 g/mol. The average molecular weight is 330 g/mol. The number of rotatable bonds is 4. The number of hydrogen-bond donors (Lipinski definition) is 1. The Kier molecular flexibility index (Phi) is 4.93. The molecule has 0 bridgehead atoms. The van der Waals surface area contributed by atoms with E-state index in [0.717, 1.165) is 31.7 Å². The van der Waals surface area contributed by atoms with Gasteiger partial charge in [0.15, 0.2) is 0 Å². The molecule has 0 radical (unpaired) electrons. The van der Waals surface area contributed by atoms with Crippen LogP contribution in [0, 0.1) is 0 Å². The Labute approximate surface area is 143 Å². The fourth-order valence-corrected chi connectivity index (χ4v) is 3.32. The fraction of sp³-hybridized carbons (Fsp3) is 0.400. The third-order valence-corrected chi connectivity index (χ3v) is 5.02. The maximum atomic E-state index is 6.50. The van der Waals surface area contributed by atoms with E-state index in [-0.39, 0.29) is 11.5 Å². The van der Waals surface area contributed by atoms with Crippen molar-refractivity contribution >= 4 is 11.6 Å². The predicted molar refractivity (Wildman–Crippen MR) is 96.5 cm³/mol. The molecule has 3 rings (SSSR count). The zero-order valence-corrected chi connectivity index (χ0v) is 14.6. The van der Waals surface area contributed by atoms with E-state index in [4.69, 9.17) is 16.3 Å². The molecule has 1 saturated heterocycles. The lowest BCUT2D eigenvalue weighted by Gasteiger charge is -2.28. The molecule has 2 aromatic carbocycles. The van der Waals surface area contributed by atoms with Crippen LogP contribution in [0.2, 0.25) is 5.02 Å². The first-order valence-corrected chi connectivity index (χ1v) is 8.68. The molecular weight excluding hydrogens is 306 g/mol. The number of hydrogen-bond acceptors (Lipinski definition) is 2. The first kappa shape index (κ1) is 16.4. The van der Waals surface area contributed by atoms with Gasteiger partial charge in [-0.15, -0.1) is 0 Å². The highest BCUT2D eigenvalue weighted by atomic mass is 35.5. The number of nitrogens with one attached hydrogen (secondary N) is 1. The maximum Gasteiger partial charge on any atom is 0.138 e. The molecule has 23 heavy (non-hydrogen) atoms. The molecule has 122 valence electrons. The van der Waals surface area contributed by atoms with Crippen LogP contribution in [-0.4, -0.2) is 19.2 Å². The third-order valence-electron chi connectivity index (χ3n) is 4.73. The number of ether oxygens (including phenoxy) is 1. The summed E-state index contributed by atoms with van der Waals surface area (Å²) in [7, 11) is 0. The normalized spacial score (nSPS) is 16.3. The van der Waals surface area contributed by atoms with E-state index in [0.29, 0.717) is 5.02 Å². The molecule has 1 heterocycles. The summed E-state index contributed by atoms with van der Waals surface area (Å²) in [6, 6.07) is 16.7. The fourth-order valence-electron chi connectivity index (χ4n) is 3.10. The van der Waals surface area contributed by atoms with Crippen LogP contribution in [0.3, 0.4) is 0 Å². The first-order chi connectivity index (χ1) is 11.1. The first-order valence-electron chi connectivity index (χ1n) is 8.30. The van der Waals surface area contributed by atoms with E-state index in [1.54, 1.807) is 0 Å². The van der Waals surface area contributed by atoms with E-state index in [1.807, 2.05) is 18.2 Å². The number of halogens is 1. The summed E-state index contributed by atoms with van der Waals surface area (Å²) in [5.41, 5.74) is 2.40. The smallest absolute Gasteiger partial charge is 0.138 e. The summed E-state index contributed by atoms with van der Waals surface area (Å²) < 4.78 is 6.09. The summed E-state index contributed by atoms with van der Waals surface area (Å²) >= 11 is 6.50. The molecule has 0 saturated carbocycles. The Balaban J connectivity index is 1.81. The zero-order valence-electron chi connectivity index (χ0n) is 13.8. The molecule has 2 aromatic rings. The Morgan fingerprint density at radius 2 is 1.70 bits per heavy atom. The topological polar surface area (TPSA) is 21.3 Å². The van der Waals surface area contributed by atoms with Crippen molar-refractivity contribution in [1.82, 2.24) is 5.32 Å². The van der Waals surface area contributed by atoms with Crippen LogP contribution < -0.4 is 10.1 Å². The Bertz CT molecular complexity index is 648. The standard InChI is InChI=1S/C20H24ClNO/c1-20(2,15-6-4-3-5-7-15)16-8-9-19(18(21)14-16)23-17-10-12-22-13-11-17/h3-9,14,17,22H,10-13H2,1-2H3. The van der Waals surface area contributed by atoms with Gasteiger partial charge < -0.3 is 10.1 Å². The van der Waals surface area contributed by atoms with Gasteiger partial charge in [0.1, 0.15) is 11.9 Å². The molecule has 0 aromatic heterocycles. The van der Waals surface area contributed by atoms with E-state index in [9.17, 15) is 0 Å². The molecule has 1 N–H and O–H groups in total. The van der Waals surface area contributed by atoms with Gasteiger partial charge in [-0.05, 0) is 49.2 Å². The predicted octanol–water partition coefficient (Wildman–Crippen LogP) is 4.80. The Morgan fingerprint density at radius 3 is 2.35 bits per heavy atom. The van der Waals surface area contributed by atoms with Crippen molar-refractivity contribution in [1.29, 1.82) is 0 Å². The third kappa shape index (κ3) is 3.70. The SMILES string of the molecule is CC(C)(c1ccccc1)c1ccc(OC2CCNCC2)c(Cl)c1. The quantitative estimate of drug-likeness (QED) is 0.870. The van der Waals surface area contributed by atoms with E-state index >= 15 is 0 Å². The van der Waals surface area contributed by atoms with Crippen molar-refractivity contribution in [3.05, 3.63) is 64.7 Å². The highest BCUT2D eigenvalue weighted by Gasteiger charge is 2.24. The zero-order chi connectivity index (χ0) is 16.3. The summed E-state index contributed by atoms with van der Waals surface area (Å²) in [4.78, 5) is 0. The number of benzene rings is 2. The second-order valence-electron chi connectivity index (χ2n) is 6.70. The van der Waals surface area contributed by atoms with Gasteiger partial charge in [0.2, 0.25) is 0 Å². The molecule has 0 unspecified atom stereocenters. The van der Waals surface area contributed by atoms with E-state index in [1.165, 1.54) is 11.1 Å². The molecular formula is C20H24ClNO. The van der Waals surface area contributed by atoms with Crippen molar-refractivity contribution in [3.8, 4) is 5.75 Å². The lowest BCUT2D eigenvalue weighted by molar-refractivity contribution is 0.162. The summed E-state index contributed by atoms with van der Waals surface area (Å²) in [5.74, 6) is 0.797. The Hall–Kier alpha value is -1.51. The molecule has 0 atom stereocenters. The van der Waals surface area contributed by atoms with Crippen LogP contribution in [0.25, 0.3) is 0 Å². The minimum absolute atomic E-state index is 0.0851. The minimum Gasteiger partial charge on any atom is -0.489 e. The van der Waals surface area contributed by atoms with Crippen LogP contribution in [0.15, 0.2) is 48.5 Å². The van der Waals surface area contributed by atoms with Gasteiger partial charge in [-0.3, -0.25) is 0 Å². The van der Waals surface area contributed by atoms with Gasteiger partial charge >= 0.3 is 0 Å². The largest absolute Gasteiger partial charge is 0.489 e. The van der Waals surface area contributed by atoms with E-state index < -0.39 is 0 Å². The van der Waals surface area contributed by atoms with Gasteiger partial charge in [-0.25, -0.2) is 0 Å². The molecule has 3 heteroatoms. The highest BCUT2D eigenvalue weighted by molar-refractivity contribution is 6.32. The average Bonchev–Trinajstić information content (AvgIpc) is 2.58. The lowest BCUT2D eigenvalue weighted by Crippen LogP contribution is -2.34. The van der Waals surface area contributed by atoms with Crippen LogP contribution in [0.1, 0.15) is 37.8 Å². The van der Waals surface area contributed by atoms with Crippen LogP contribution >= 0.6 is 11.6 Å². The summed E-state index contributed by atoms with van der Waals surface area (Å²) in [6.45, 7) is 6.48. The molecule has 0 spiro atoms. The minimum atomic E-state index is -0.0851. The Morgan fingerprint density at radius 1 is 1.00 bits per heavy atom. The van der Waals surface area contributed by atoms with Crippen LogP contribution in [0.4, 0.5) is 0 Å². The van der Waals surface area contributed by atoms with Crippen LogP contribution in [0.5, 0.6) is 5.75 Å². The molecule has 0 aliphatic carbocycles. The molecule has 0 amide bonds. The van der Waals surface area contributed by atoms with E-state index in [2.05, 4.69) is 49.5 Å². The summed E-state index contributed by atoms with van der Waals surface area (Å²) in [6.07, 6.45) is 2.34. The number of piperidine rings is 1. The van der Waals surface area contributed by atoms with Crippen molar-refractivity contribution in [2.75, 3.05) is 13.1 Å². The second-order valence-corrected chi connectivity index (χ2v) is 7.11.